The summed E-state index contributed by atoms with van der Waals surface area (Å²) in [7, 11) is 0. The van der Waals surface area contributed by atoms with Crippen molar-refractivity contribution in [3.8, 4) is 0 Å². The van der Waals surface area contributed by atoms with Gasteiger partial charge in [-0.3, -0.25) is 4.79 Å². The zero-order valence-electron chi connectivity index (χ0n) is 19.7. The maximum absolute atomic E-state index is 13.8. The number of carbonyl (C=O) groups is 2. The molecule has 1 N–H and O–H groups in total. The van der Waals surface area contributed by atoms with Gasteiger partial charge in [0, 0.05) is 25.3 Å². The Bertz CT molecular complexity index is 983. The maximum Gasteiger partial charge on any atom is 0.330 e. The van der Waals surface area contributed by atoms with Crippen molar-refractivity contribution in [2.45, 2.75) is 46.1 Å². The predicted octanol–water partition coefficient (Wildman–Crippen LogP) is 5.16. The first-order chi connectivity index (χ1) is 15.5. The van der Waals surface area contributed by atoms with Gasteiger partial charge in [0.2, 0.25) is 0 Å². The van der Waals surface area contributed by atoms with Gasteiger partial charge in [0.05, 0.1) is 16.9 Å². The van der Waals surface area contributed by atoms with E-state index in [0.29, 0.717) is 34.7 Å². The summed E-state index contributed by atoms with van der Waals surface area (Å²) >= 11 is 0. The largest absolute Gasteiger partial charge is 0.330 e. The van der Waals surface area contributed by atoms with Crippen LogP contribution in [-0.4, -0.2) is 58.9 Å². The molecule has 0 spiro atoms. The minimum absolute atomic E-state index is 0. The summed E-state index contributed by atoms with van der Waals surface area (Å²) in [5, 5.41) is 2.91. The van der Waals surface area contributed by atoms with E-state index in [2.05, 4.69) is 36.0 Å². The van der Waals surface area contributed by atoms with Gasteiger partial charge < -0.3 is 15.1 Å². The number of para-hydroxylation sites is 1. The molecule has 3 heterocycles. The van der Waals surface area contributed by atoms with Gasteiger partial charge in [-0.2, -0.15) is 0 Å². The summed E-state index contributed by atoms with van der Waals surface area (Å²) < 4.78 is 0. The molecule has 2 aromatic rings. The molecular weight excluding hydrogens is 438 g/mol. The lowest BCUT2D eigenvalue weighted by Crippen LogP contribution is -2.47. The number of urea groups is 1. The van der Waals surface area contributed by atoms with Gasteiger partial charge in [-0.15, -0.1) is 12.4 Å². The number of piperidine rings is 1. The number of amides is 3. The van der Waals surface area contributed by atoms with Gasteiger partial charge in [-0.1, -0.05) is 19.1 Å². The fourth-order valence-electron chi connectivity index (χ4n) is 4.78. The van der Waals surface area contributed by atoms with Gasteiger partial charge in [0.25, 0.3) is 5.91 Å². The summed E-state index contributed by atoms with van der Waals surface area (Å²) in [6.45, 7) is 10.2. The topological polar surface area (TPSA) is 68.8 Å². The molecule has 1 unspecified atom stereocenters. The molecule has 2 aliphatic heterocycles. The highest BCUT2D eigenvalue weighted by molar-refractivity contribution is 6.16. The normalized spacial score (nSPS) is 17.7. The molecule has 8 heteroatoms. The number of aromatic nitrogens is 1. The Labute approximate surface area is 202 Å². The van der Waals surface area contributed by atoms with Crippen LogP contribution in [0.5, 0.6) is 0 Å². The number of halogens is 1. The molecule has 178 valence electrons. The fourth-order valence-corrected chi connectivity index (χ4v) is 4.78. The van der Waals surface area contributed by atoms with Crippen LogP contribution in [0.25, 0.3) is 0 Å². The highest BCUT2D eigenvalue weighted by atomic mass is 35.5. The lowest BCUT2D eigenvalue weighted by Gasteiger charge is -2.37. The first kappa shape index (κ1) is 25.0. The van der Waals surface area contributed by atoms with Crippen LogP contribution >= 0.6 is 12.4 Å². The van der Waals surface area contributed by atoms with E-state index in [1.54, 1.807) is 29.3 Å². The van der Waals surface area contributed by atoms with Crippen LogP contribution in [-0.2, 0) is 0 Å². The number of likely N-dealkylation sites (tertiary alicyclic amines) is 1. The van der Waals surface area contributed by atoms with E-state index in [0.717, 1.165) is 45.4 Å². The monoisotopic (exact) mass is 471 g/mol. The van der Waals surface area contributed by atoms with E-state index in [-0.39, 0.29) is 24.3 Å². The number of hydrogen-bond donors (Lipinski definition) is 1. The third-order valence-corrected chi connectivity index (χ3v) is 6.58. The number of carbonyl (C=O) groups excluding carboxylic acids is 2. The van der Waals surface area contributed by atoms with Crippen LogP contribution < -0.4 is 10.2 Å². The first-order valence-corrected chi connectivity index (χ1v) is 11.7. The number of rotatable bonds is 5. The lowest BCUT2D eigenvalue weighted by atomic mass is 9.94. The van der Waals surface area contributed by atoms with E-state index in [1.807, 2.05) is 23.1 Å². The molecule has 0 saturated carbocycles. The molecule has 1 aromatic carbocycles. The average Bonchev–Trinajstić information content (AvgIpc) is 2.93. The minimum atomic E-state index is -0.227. The highest BCUT2D eigenvalue weighted by Gasteiger charge is 2.34. The summed E-state index contributed by atoms with van der Waals surface area (Å²) in [5.74, 6) is 0.718. The summed E-state index contributed by atoms with van der Waals surface area (Å²) in [4.78, 5) is 37.1. The van der Waals surface area contributed by atoms with Crippen molar-refractivity contribution < 1.29 is 9.59 Å². The second-order valence-electron chi connectivity index (χ2n) is 8.93. The molecule has 7 nitrogen and oxygen atoms in total. The quantitative estimate of drug-likeness (QED) is 0.654. The van der Waals surface area contributed by atoms with Crippen molar-refractivity contribution in [3.05, 3.63) is 48.2 Å². The van der Waals surface area contributed by atoms with Gasteiger partial charge >= 0.3 is 6.03 Å². The predicted molar refractivity (Wildman–Crippen MR) is 135 cm³/mol. The molecule has 0 bridgehead atoms. The first-order valence-electron chi connectivity index (χ1n) is 11.7. The summed E-state index contributed by atoms with van der Waals surface area (Å²) in [6, 6.07) is 11.2. The SMILES string of the molecule is CCN(CCC1CCCN(C(=O)N2c3ccccc3C(=O)Nc3cccnc32)C1)C(C)C.Cl. The van der Waals surface area contributed by atoms with E-state index >= 15 is 0 Å². The average molecular weight is 472 g/mol. The Kier molecular flexibility index (Phi) is 8.32. The summed E-state index contributed by atoms with van der Waals surface area (Å²) in [5.41, 5.74) is 1.60. The Balaban J connectivity index is 0.00000306. The molecule has 1 atom stereocenters. The smallest absolute Gasteiger partial charge is 0.324 e. The zero-order chi connectivity index (χ0) is 22.7. The Morgan fingerprint density at radius 3 is 2.79 bits per heavy atom. The highest BCUT2D eigenvalue weighted by Crippen LogP contribution is 2.37. The van der Waals surface area contributed by atoms with Crippen LogP contribution in [0, 0.1) is 5.92 Å². The van der Waals surface area contributed by atoms with Crippen molar-refractivity contribution in [1.29, 1.82) is 0 Å². The Hall–Kier alpha value is -2.64. The van der Waals surface area contributed by atoms with E-state index in [1.165, 1.54) is 0 Å². The number of anilines is 3. The van der Waals surface area contributed by atoms with Crippen LogP contribution in [0.3, 0.4) is 0 Å². The molecule has 1 fully saturated rings. The number of benzene rings is 1. The third kappa shape index (κ3) is 5.31. The molecule has 1 aromatic heterocycles. The number of nitrogens with one attached hydrogen (secondary N) is 1. The summed E-state index contributed by atoms with van der Waals surface area (Å²) in [6.07, 6.45) is 4.88. The van der Waals surface area contributed by atoms with Crippen LogP contribution in [0.1, 0.15) is 50.4 Å². The van der Waals surface area contributed by atoms with E-state index < -0.39 is 0 Å². The van der Waals surface area contributed by atoms with Crippen LogP contribution in [0.2, 0.25) is 0 Å². The number of pyridine rings is 1. The zero-order valence-corrected chi connectivity index (χ0v) is 20.5. The lowest BCUT2D eigenvalue weighted by molar-refractivity contribution is 0.102. The molecule has 3 amide bonds. The van der Waals surface area contributed by atoms with Crippen LogP contribution in [0.4, 0.5) is 22.0 Å². The molecule has 0 radical (unpaired) electrons. The Morgan fingerprint density at radius 2 is 2.03 bits per heavy atom. The molecule has 0 aliphatic carbocycles. The molecular formula is C25H34ClN5O2. The maximum atomic E-state index is 13.8. The number of hydrogen-bond acceptors (Lipinski definition) is 4. The number of fused-ring (bicyclic) bond motifs is 2. The van der Waals surface area contributed by atoms with Crippen molar-refractivity contribution in [2.24, 2.45) is 5.92 Å². The Morgan fingerprint density at radius 1 is 1.24 bits per heavy atom. The fraction of sp³-hybridized carbons (Fsp3) is 0.480. The number of nitrogens with zero attached hydrogens (tertiary/aromatic N) is 4. The van der Waals surface area contributed by atoms with Crippen molar-refractivity contribution in [1.82, 2.24) is 14.8 Å². The molecule has 1 saturated heterocycles. The minimum Gasteiger partial charge on any atom is -0.324 e. The third-order valence-electron chi connectivity index (χ3n) is 6.58. The van der Waals surface area contributed by atoms with Gasteiger partial charge in [-0.05, 0) is 76.4 Å². The molecule has 4 rings (SSSR count). The second kappa shape index (κ2) is 11.0. The molecule has 33 heavy (non-hydrogen) atoms. The molecule has 2 aliphatic rings. The van der Waals surface area contributed by atoms with Crippen molar-refractivity contribution in [3.63, 3.8) is 0 Å². The van der Waals surface area contributed by atoms with E-state index in [9.17, 15) is 9.59 Å². The standard InChI is InChI=1S/C25H33N5O2.ClH/c1-4-28(18(2)3)16-13-19-9-8-15-29(17-19)25(32)30-22-12-6-5-10-20(22)24(31)27-21-11-7-14-26-23(21)30;/h5-7,10-12,14,18-19H,4,8-9,13,15-17H2,1-3H3,(H,27,31);1H. The van der Waals surface area contributed by atoms with Gasteiger partial charge in [0.15, 0.2) is 5.82 Å². The second-order valence-corrected chi connectivity index (χ2v) is 8.93. The van der Waals surface area contributed by atoms with Gasteiger partial charge in [-0.25, -0.2) is 14.7 Å². The van der Waals surface area contributed by atoms with Crippen LogP contribution in [0.15, 0.2) is 42.6 Å². The van der Waals surface area contributed by atoms with Gasteiger partial charge in [0.1, 0.15) is 0 Å². The van der Waals surface area contributed by atoms with Crippen molar-refractivity contribution in [2.75, 3.05) is 36.4 Å². The van der Waals surface area contributed by atoms with E-state index in [4.69, 9.17) is 0 Å². The van der Waals surface area contributed by atoms with Crippen molar-refractivity contribution >= 4 is 41.5 Å².